The van der Waals surface area contributed by atoms with E-state index in [1.54, 1.807) is 11.8 Å². The lowest BCUT2D eigenvalue weighted by Gasteiger charge is -2.25. The maximum atomic E-state index is 11.8. The largest absolute Gasteiger partial charge is 0.350 e. The lowest BCUT2D eigenvalue weighted by atomic mass is 10.3. The fraction of sp³-hybridized carbons (Fsp3) is 0.692. The minimum Gasteiger partial charge on any atom is -0.350 e. The predicted molar refractivity (Wildman–Crippen MR) is 76.2 cm³/mol. The first-order valence-corrected chi connectivity index (χ1v) is 8.13. The minimum absolute atomic E-state index is 0.0555. The van der Waals surface area contributed by atoms with Gasteiger partial charge in [-0.1, -0.05) is 11.8 Å². The van der Waals surface area contributed by atoms with E-state index in [2.05, 4.69) is 14.9 Å². The van der Waals surface area contributed by atoms with Crippen molar-refractivity contribution < 1.29 is 9.63 Å². The third-order valence-corrected chi connectivity index (χ3v) is 4.45. The molecule has 7 heteroatoms. The molecule has 0 atom stereocenters. The summed E-state index contributed by atoms with van der Waals surface area (Å²) < 4.78 is 2.15. The number of amides is 1. The highest BCUT2D eigenvalue weighted by Gasteiger charge is 2.15. The molecule has 1 fully saturated rings. The Bertz CT molecular complexity index is 449. The normalized spacial score (nSPS) is 19.0. The van der Waals surface area contributed by atoms with Gasteiger partial charge in [-0.25, -0.2) is 4.98 Å². The standard InChI is InChI=1S/C13H20N4O2S/c18-12(3-5-17-4-1-2-7-19-17)14-9-11-10-16-6-8-20-13(16)15-11/h10H,1-9H2,(H,14,18). The fourth-order valence-electron chi connectivity index (χ4n) is 2.38. The van der Waals surface area contributed by atoms with E-state index in [1.165, 1.54) is 0 Å². The van der Waals surface area contributed by atoms with E-state index >= 15 is 0 Å². The molecule has 20 heavy (non-hydrogen) atoms. The molecule has 1 amide bonds. The lowest BCUT2D eigenvalue weighted by molar-refractivity contribution is -0.181. The molecule has 0 spiro atoms. The third-order valence-electron chi connectivity index (χ3n) is 3.48. The molecular formula is C13H20N4O2S. The number of hydroxylamine groups is 2. The summed E-state index contributed by atoms with van der Waals surface area (Å²) >= 11 is 1.77. The van der Waals surface area contributed by atoms with Crippen molar-refractivity contribution in [3.63, 3.8) is 0 Å². The summed E-state index contributed by atoms with van der Waals surface area (Å²) in [5.41, 5.74) is 0.940. The molecule has 2 aliphatic heterocycles. The van der Waals surface area contributed by atoms with E-state index in [-0.39, 0.29) is 5.91 Å². The van der Waals surface area contributed by atoms with Crippen LogP contribution in [0.1, 0.15) is 25.0 Å². The van der Waals surface area contributed by atoms with Gasteiger partial charge in [-0.05, 0) is 12.8 Å². The summed E-state index contributed by atoms with van der Waals surface area (Å²) in [7, 11) is 0. The molecule has 0 bridgehead atoms. The van der Waals surface area contributed by atoms with Crippen LogP contribution in [0.2, 0.25) is 0 Å². The Morgan fingerprint density at radius 3 is 3.20 bits per heavy atom. The Hall–Kier alpha value is -1.05. The van der Waals surface area contributed by atoms with Gasteiger partial charge in [0.1, 0.15) is 0 Å². The van der Waals surface area contributed by atoms with Crippen molar-refractivity contribution in [2.75, 3.05) is 25.4 Å². The molecule has 2 aliphatic rings. The van der Waals surface area contributed by atoms with Crippen molar-refractivity contribution in [3.05, 3.63) is 11.9 Å². The zero-order valence-electron chi connectivity index (χ0n) is 11.5. The highest BCUT2D eigenvalue weighted by molar-refractivity contribution is 7.99. The van der Waals surface area contributed by atoms with E-state index in [1.807, 2.05) is 11.3 Å². The Morgan fingerprint density at radius 2 is 2.40 bits per heavy atom. The van der Waals surface area contributed by atoms with Crippen LogP contribution < -0.4 is 5.32 Å². The topological polar surface area (TPSA) is 59.4 Å². The molecule has 3 heterocycles. The Kier molecular flexibility index (Phi) is 4.59. The lowest BCUT2D eigenvalue weighted by Crippen LogP contribution is -2.34. The van der Waals surface area contributed by atoms with Crippen molar-refractivity contribution in [1.29, 1.82) is 0 Å². The van der Waals surface area contributed by atoms with Crippen LogP contribution in [0.4, 0.5) is 0 Å². The first-order chi connectivity index (χ1) is 9.81. The van der Waals surface area contributed by atoms with Gasteiger partial charge in [-0.2, -0.15) is 5.06 Å². The second-order valence-corrected chi connectivity index (χ2v) is 6.11. The smallest absolute Gasteiger partial charge is 0.221 e. The number of aromatic nitrogens is 2. The average Bonchev–Trinajstić information content (AvgIpc) is 3.05. The maximum absolute atomic E-state index is 11.8. The summed E-state index contributed by atoms with van der Waals surface area (Å²) in [6, 6.07) is 0. The van der Waals surface area contributed by atoms with Crippen LogP contribution in [0, 0.1) is 0 Å². The van der Waals surface area contributed by atoms with Gasteiger partial charge >= 0.3 is 0 Å². The molecule has 1 aromatic heterocycles. The van der Waals surface area contributed by atoms with Crippen molar-refractivity contribution in [3.8, 4) is 0 Å². The molecule has 0 aromatic carbocycles. The van der Waals surface area contributed by atoms with E-state index in [0.29, 0.717) is 19.5 Å². The maximum Gasteiger partial charge on any atom is 0.221 e. The van der Waals surface area contributed by atoms with Gasteiger partial charge in [0.2, 0.25) is 5.91 Å². The number of hydrogen-bond acceptors (Lipinski definition) is 5. The first kappa shape index (κ1) is 13.9. The Labute approximate surface area is 122 Å². The number of carbonyl (C=O) groups is 1. The van der Waals surface area contributed by atoms with E-state index in [4.69, 9.17) is 4.84 Å². The molecule has 0 saturated carbocycles. The number of hydrogen-bond donors (Lipinski definition) is 1. The summed E-state index contributed by atoms with van der Waals surface area (Å²) in [5.74, 6) is 1.16. The highest BCUT2D eigenvalue weighted by atomic mass is 32.2. The van der Waals surface area contributed by atoms with Crippen LogP contribution >= 0.6 is 11.8 Å². The molecule has 110 valence electrons. The zero-order valence-corrected chi connectivity index (χ0v) is 12.3. The third kappa shape index (κ3) is 3.53. The number of aryl methyl sites for hydroxylation is 1. The summed E-state index contributed by atoms with van der Waals surface area (Å²) in [6.45, 7) is 3.91. The molecule has 0 radical (unpaired) electrons. The minimum atomic E-state index is 0.0555. The second kappa shape index (κ2) is 6.60. The highest BCUT2D eigenvalue weighted by Crippen LogP contribution is 2.24. The number of nitrogens with one attached hydrogen (secondary N) is 1. The second-order valence-electron chi connectivity index (χ2n) is 5.05. The van der Waals surface area contributed by atoms with Crippen molar-refractivity contribution >= 4 is 17.7 Å². The molecular weight excluding hydrogens is 276 g/mol. The van der Waals surface area contributed by atoms with Crippen LogP contribution in [-0.2, 0) is 22.7 Å². The van der Waals surface area contributed by atoms with Gasteiger partial charge in [0.25, 0.3) is 0 Å². The van der Waals surface area contributed by atoms with Crippen molar-refractivity contribution in [2.24, 2.45) is 0 Å². The fourth-order valence-corrected chi connectivity index (χ4v) is 3.34. The van der Waals surface area contributed by atoms with Gasteiger partial charge in [0.15, 0.2) is 5.16 Å². The van der Waals surface area contributed by atoms with Crippen LogP contribution in [-0.4, -0.2) is 46.0 Å². The number of thioether (sulfide) groups is 1. The molecule has 1 N–H and O–H groups in total. The van der Waals surface area contributed by atoms with E-state index in [9.17, 15) is 4.79 Å². The number of rotatable bonds is 5. The van der Waals surface area contributed by atoms with E-state index in [0.717, 1.165) is 49.1 Å². The Morgan fingerprint density at radius 1 is 1.45 bits per heavy atom. The van der Waals surface area contributed by atoms with Gasteiger partial charge in [0, 0.05) is 38.0 Å². The number of fused-ring (bicyclic) bond motifs is 1. The van der Waals surface area contributed by atoms with Crippen molar-refractivity contribution in [1.82, 2.24) is 19.9 Å². The molecule has 1 saturated heterocycles. The molecule has 0 unspecified atom stereocenters. The van der Waals surface area contributed by atoms with Gasteiger partial charge in [-0.15, -0.1) is 0 Å². The number of carbonyl (C=O) groups excluding carboxylic acids is 1. The molecule has 1 aromatic rings. The van der Waals surface area contributed by atoms with Gasteiger partial charge in [-0.3, -0.25) is 9.63 Å². The summed E-state index contributed by atoms with van der Waals surface area (Å²) in [4.78, 5) is 21.8. The quantitative estimate of drug-likeness (QED) is 0.879. The molecule has 3 rings (SSSR count). The summed E-state index contributed by atoms with van der Waals surface area (Å²) in [6.07, 6.45) is 4.77. The molecule has 0 aliphatic carbocycles. The average molecular weight is 296 g/mol. The zero-order chi connectivity index (χ0) is 13.8. The first-order valence-electron chi connectivity index (χ1n) is 7.15. The van der Waals surface area contributed by atoms with Crippen LogP contribution in [0.15, 0.2) is 11.4 Å². The predicted octanol–water partition coefficient (Wildman–Crippen LogP) is 1.02. The monoisotopic (exact) mass is 296 g/mol. The van der Waals surface area contributed by atoms with Crippen molar-refractivity contribution in [2.45, 2.75) is 37.5 Å². The van der Waals surface area contributed by atoms with E-state index < -0.39 is 0 Å². The van der Waals surface area contributed by atoms with Gasteiger partial charge < -0.3 is 9.88 Å². The van der Waals surface area contributed by atoms with Crippen LogP contribution in [0.5, 0.6) is 0 Å². The SMILES string of the molecule is O=C(CCN1CCCCO1)NCc1cn2c(n1)SCC2. The number of imidazole rings is 1. The Balaban J connectivity index is 1.38. The van der Waals surface area contributed by atoms with Gasteiger partial charge in [0.05, 0.1) is 18.8 Å². The van der Waals surface area contributed by atoms with Crippen LogP contribution in [0.25, 0.3) is 0 Å². The summed E-state index contributed by atoms with van der Waals surface area (Å²) in [5, 5.41) is 5.88. The van der Waals surface area contributed by atoms with Crippen LogP contribution in [0.3, 0.4) is 0 Å². The number of nitrogens with zero attached hydrogens (tertiary/aromatic N) is 3. The molecule has 6 nitrogen and oxygen atoms in total.